The lowest BCUT2D eigenvalue weighted by atomic mass is 9.49. The van der Waals surface area contributed by atoms with Gasteiger partial charge in [0.05, 0.1) is 13.7 Å². The molecule has 0 aliphatic heterocycles. The van der Waals surface area contributed by atoms with Gasteiger partial charge in [-0.2, -0.15) is 0 Å². The molecule has 142 valence electrons. The lowest BCUT2D eigenvalue weighted by molar-refractivity contribution is -0.122. The third-order valence-electron chi connectivity index (χ3n) is 7.00. The molecule has 1 unspecified atom stereocenters. The number of para-hydroxylation sites is 1. The minimum absolute atomic E-state index is 0.0800. The molecule has 4 heteroatoms. The van der Waals surface area contributed by atoms with E-state index >= 15 is 0 Å². The van der Waals surface area contributed by atoms with Gasteiger partial charge in [0, 0.05) is 18.2 Å². The molecule has 0 saturated heterocycles. The van der Waals surface area contributed by atoms with Crippen molar-refractivity contribution in [3.05, 3.63) is 29.8 Å². The first kappa shape index (κ1) is 17.8. The average Bonchev–Trinajstić information content (AvgIpc) is 2.63. The van der Waals surface area contributed by atoms with Gasteiger partial charge in [-0.15, -0.1) is 0 Å². The number of amides is 1. The summed E-state index contributed by atoms with van der Waals surface area (Å²) in [5.74, 6) is 3.77. The van der Waals surface area contributed by atoms with Crippen molar-refractivity contribution in [2.45, 2.75) is 51.5 Å². The van der Waals surface area contributed by atoms with Crippen LogP contribution in [0.15, 0.2) is 24.3 Å². The van der Waals surface area contributed by atoms with Crippen molar-refractivity contribution in [3.63, 3.8) is 0 Å². The number of carbonyl (C=O) groups is 1. The molecule has 1 aromatic rings. The predicted molar refractivity (Wildman–Crippen MR) is 103 cm³/mol. The van der Waals surface area contributed by atoms with Gasteiger partial charge in [-0.3, -0.25) is 4.79 Å². The van der Waals surface area contributed by atoms with Crippen molar-refractivity contribution in [2.24, 2.45) is 23.2 Å². The summed E-state index contributed by atoms with van der Waals surface area (Å²) < 4.78 is 5.42. The number of rotatable bonds is 7. The highest BCUT2D eigenvalue weighted by Crippen LogP contribution is 2.59. The molecule has 4 aliphatic rings. The first-order chi connectivity index (χ1) is 12.6. The Bertz CT molecular complexity index is 622. The Hall–Kier alpha value is -1.55. The molecule has 0 aromatic heterocycles. The molecule has 1 amide bonds. The fourth-order valence-corrected chi connectivity index (χ4v) is 6.23. The van der Waals surface area contributed by atoms with Crippen LogP contribution in [0.4, 0.5) is 0 Å². The zero-order chi connectivity index (χ0) is 18.1. The fraction of sp³-hybridized carbons (Fsp3) is 0.682. The van der Waals surface area contributed by atoms with Crippen molar-refractivity contribution < 1.29 is 9.53 Å². The van der Waals surface area contributed by atoms with E-state index in [4.69, 9.17) is 4.74 Å². The molecular formula is C22H32N2O2. The SMILES string of the molecule is COc1ccccc1C(C)NCC(=O)NCC12CC3CC(CC(C3)C1)C2. The molecule has 1 aromatic carbocycles. The van der Waals surface area contributed by atoms with Crippen LogP contribution >= 0.6 is 0 Å². The minimum atomic E-state index is 0.0800. The Kier molecular flexibility index (Phi) is 4.96. The number of nitrogens with one attached hydrogen (secondary N) is 2. The van der Waals surface area contributed by atoms with Crippen molar-refractivity contribution in [2.75, 3.05) is 20.2 Å². The Morgan fingerprint density at radius 3 is 2.38 bits per heavy atom. The van der Waals surface area contributed by atoms with E-state index in [9.17, 15) is 4.79 Å². The summed E-state index contributed by atoms with van der Waals surface area (Å²) in [6.45, 7) is 3.30. The van der Waals surface area contributed by atoms with Crippen molar-refractivity contribution >= 4 is 5.91 Å². The molecule has 4 fully saturated rings. The van der Waals surface area contributed by atoms with E-state index in [0.29, 0.717) is 12.0 Å². The molecule has 4 bridgehead atoms. The summed E-state index contributed by atoms with van der Waals surface area (Å²) in [7, 11) is 1.68. The zero-order valence-corrected chi connectivity index (χ0v) is 16.1. The van der Waals surface area contributed by atoms with Gasteiger partial charge in [-0.25, -0.2) is 0 Å². The van der Waals surface area contributed by atoms with Gasteiger partial charge in [0.15, 0.2) is 0 Å². The smallest absolute Gasteiger partial charge is 0.233 e. The van der Waals surface area contributed by atoms with E-state index in [1.165, 1.54) is 38.5 Å². The molecule has 0 radical (unpaired) electrons. The quantitative estimate of drug-likeness (QED) is 0.783. The van der Waals surface area contributed by atoms with Gasteiger partial charge in [0.2, 0.25) is 5.91 Å². The molecule has 4 saturated carbocycles. The van der Waals surface area contributed by atoms with Crippen LogP contribution in [0.5, 0.6) is 5.75 Å². The van der Waals surface area contributed by atoms with Crippen LogP contribution in [0.25, 0.3) is 0 Å². The summed E-state index contributed by atoms with van der Waals surface area (Å²) in [6.07, 6.45) is 8.36. The second-order valence-corrected chi connectivity index (χ2v) is 9.04. The Balaban J connectivity index is 1.27. The molecule has 4 nitrogen and oxygen atoms in total. The summed E-state index contributed by atoms with van der Waals surface area (Å²) in [6, 6.07) is 8.05. The topological polar surface area (TPSA) is 50.4 Å². The highest BCUT2D eigenvalue weighted by molar-refractivity contribution is 5.78. The Morgan fingerprint density at radius 1 is 1.15 bits per heavy atom. The highest BCUT2D eigenvalue weighted by atomic mass is 16.5. The van der Waals surface area contributed by atoms with Crippen molar-refractivity contribution in [1.29, 1.82) is 0 Å². The van der Waals surface area contributed by atoms with Crippen LogP contribution in [0.2, 0.25) is 0 Å². The summed E-state index contributed by atoms with van der Waals surface area (Å²) in [5.41, 5.74) is 1.49. The summed E-state index contributed by atoms with van der Waals surface area (Å²) in [4.78, 5) is 12.4. The number of carbonyl (C=O) groups excluding carboxylic acids is 1. The maximum absolute atomic E-state index is 12.4. The number of methoxy groups -OCH3 is 1. The highest BCUT2D eigenvalue weighted by Gasteiger charge is 2.50. The van der Waals surface area contributed by atoms with Crippen LogP contribution in [0.3, 0.4) is 0 Å². The molecule has 2 N–H and O–H groups in total. The van der Waals surface area contributed by atoms with E-state index in [2.05, 4.69) is 17.6 Å². The summed E-state index contributed by atoms with van der Waals surface area (Å²) in [5, 5.41) is 6.58. The number of hydrogen-bond acceptors (Lipinski definition) is 3. The second-order valence-electron chi connectivity index (χ2n) is 9.04. The summed E-state index contributed by atoms with van der Waals surface area (Å²) >= 11 is 0. The molecule has 4 aliphatic carbocycles. The van der Waals surface area contributed by atoms with Gasteiger partial charge >= 0.3 is 0 Å². The standard InChI is InChI=1S/C22H32N2O2/c1-15(19-5-3-4-6-20(19)26-2)23-13-21(25)24-14-22-10-16-7-17(11-22)9-18(8-16)12-22/h3-6,15-18,23H,7-14H2,1-2H3,(H,24,25). The van der Waals surface area contributed by atoms with Crippen LogP contribution in [0.1, 0.15) is 57.1 Å². The minimum Gasteiger partial charge on any atom is -0.496 e. The lowest BCUT2D eigenvalue weighted by Crippen LogP contribution is -2.51. The van der Waals surface area contributed by atoms with Crippen LogP contribution in [0, 0.1) is 23.2 Å². The van der Waals surface area contributed by atoms with Crippen LogP contribution in [-0.4, -0.2) is 26.1 Å². The third-order valence-corrected chi connectivity index (χ3v) is 7.00. The maximum atomic E-state index is 12.4. The van der Waals surface area contributed by atoms with E-state index in [1.54, 1.807) is 7.11 Å². The fourth-order valence-electron chi connectivity index (χ4n) is 6.23. The van der Waals surface area contributed by atoms with Crippen molar-refractivity contribution in [3.8, 4) is 5.75 Å². The van der Waals surface area contributed by atoms with E-state index in [1.807, 2.05) is 24.3 Å². The first-order valence-corrected chi connectivity index (χ1v) is 10.2. The zero-order valence-electron chi connectivity index (χ0n) is 16.1. The monoisotopic (exact) mass is 356 g/mol. The van der Waals surface area contributed by atoms with E-state index in [0.717, 1.165) is 35.6 Å². The average molecular weight is 357 g/mol. The number of benzene rings is 1. The first-order valence-electron chi connectivity index (χ1n) is 10.2. The van der Waals surface area contributed by atoms with Gasteiger partial charge in [0.25, 0.3) is 0 Å². The van der Waals surface area contributed by atoms with Gasteiger partial charge < -0.3 is 15.4 Å². The molecule has 0 heterocycles. The molecule has 26 heavy (non-hydrogen) atoms. The number of ether oxygens (including phenoxy) is 1. The van der Waals surface area contributed by atoms with E-state index < -0.39 is 0 Å². The largest absolute Gasteiger partial charge is 0.496 e. The van der Waals surface area contributed by atoms with E-state index in [-0.39, 0.29) is 11.9 Å². The van der Waals surface area contributed by atoms with Gasteiger partial charge in [-0.05, 0) is 74.7 Å². The Morgan fingerprint density at radius 2 is 1.77 bits per heavy atom. The molecular weight excluding hydrogens is 324 g/mol. The number of hydrogen-bond donors (Lipinski definition) is 2. The van der Waals surface area contributed by atoms with Crippen LogP contribution < -0.4 is 15.4 Å². The maximum Gasteiger partial charge on any atom is 0.233 e. The van der Waals surface area contributed by atoms with Gasteiger partial charge in [-0.1, -0.05) is 18.2 Å². The molecule has 0 spiro atoms. The normalized spacial score (nSPS) is 33.1. The second kappa shape index (κ2) is 7.22. The third kappa shape index (κ3) is 3.62. The van der Waals surface area contributed by atoms with Gasteiger partial charge in [0.1, 0.15) is 5.75 Å². The van der Waals surface area contributed by atoms with Crippen LogP contribution in [-0.2, 0) is 4.79 Å². The predicted octanol–water partition coefficient (Wildman–Crippen LogP) is 3.68. The van der Waals surface area contributed by atoms with Crippen molar-refractivity contribution in [1.82, 2.24) is 10.6 Å². The lowest BCUT2D eigenvalue weighted by Gasteiger charge is -2.56. The Labute approximate surface area is 157 Å². The molecule has 1 atom stereocenters. The molecule has 5 rings (SSSR count).